The Balaban J connectivity index is 0.000000285. The van der Waals surface area contributed by atoms with E-state index in [-0.39, 0.29) is 22.3 Å². The molecule has 5 heterocycles. The van der Waals surface area contributed by atoms with Crippen LogP contribution in [0.5, 0.6) is 0 Å². The van der Waals surface area contributed by atoms with Crippen molar-refractivity contribution in [1.29, 1.82) is 0 Å². The van der Waals surface area contributed by atoms with Crippen molar-refractivity contribution in [2.24, 2.45) is 0 Å². The van der Waals surface area contributed by atoms with Gasteiger partial charge in [-0.2, -0.15) is 0 Å². The van der Waals surface area contributed by atoms with Crippen LogP contribution < -0.4 is 9.80 Å². The summed E-state index contributed by atoms with van der Waals surface area (Å²) >= 11 is 1.95. The highest BCUT2D eigenvalue weighted by Crippen LogP contribution is 2.38. The summed E-state index contributed by atoms with van der Waals surface area (Å²) in [5, 5.41) is -0.548. The number of hydrogen-bond acceptors (Lipinski definition) is 7. The second-order valence-corrected chi connectivity index (χ2v) is 14.6. The quantitative estimate of drug-likeness (QED) is 0.154. The zero-order valence-corrected chi connectivity index (χ0v) is 39.6. The molecule has 62 heavy (non-hydrogen) atoms. The van der Waals surface area contributed by atoms with E-state index in [0.717, 1.165) is 68.8 Å². The number of aryl methyl sites for hydroxylation is 2. The van der Waals surface area contributed by atoms with Crippen LogP contribution >= 0.6 is 23.5 Å². The maximum Gasteiger partial charge on any atom is 0.298 e. The van der Waals surface area contributed by atoms with Gasteiger partial charge in [-0.3, -0.25) is 24.2 Å². The summed E-state index contributed by atoms with van der Waals surface area (Å²) < 4.78 is 4.23. The van der Waals surface area contributed by atoms with Crippen LogP contribution in [0.4, 0.5) is 21.0 Å². The number of benzene rings is 3. The van der Waals surface area contributed by atoms with E-state index in [1.165, 1.54) is 9.80 Å². The first kappa shape index (κ1) is 50.2. The van der Waals surface area contributed by atoms with Crippen LogP contribution in [0.1, 0.15) is 89.3 Å². The minimum atomic E-state index is -0.289. The summed E-state index contributed by atoms with van der Waals surface area (Å²) in [5.41, 5.74) is 9.21. The van der Waals surface area contributed by atoms with Crippen LogP contribution in [0.3, 0.4) is 0 Å². The minimum absolute atomic E-state index is 0.269. The van der Waals surface area contributed by atoms with E-state index in [1.807, 2.05) is 180 Å². The fourth-order valence-electron chi connectivity index (χ4n) is 6.54. The highest BCUT2D eigenvalue weighted by atomic mass is 32.2. The number of anilines is 2. The summed E-state index contributed by atoms with van der Waals surface area (Å²) in [6.07, 6.45) is 7.14. The molecule has 0 bridgehead atoms. The van der Waals surface area contributed by atoms with E-state index in [4.69, 9.17) is 0 Å². The van der Waals surface area contributed by atoms with Crippen molar-refractivity contribution in [3.63, 3.8) is 0 Å². The molecule has 324 valence electrons. The lowest BCUT2D eigenvalue weighted by Gasteiger charge is -2.11. The first-order chi connectivity index (χ1) is 30.1. The van der Waals surface area contributed by atoms with Gasteiger partial charge in [0.05, 0.1) is 33.1 Å². The van der Waals surface area contributed by atoms with Crippen molar-refractivity contribution in [1.82, 2.24) is 14.1 Å². The third-order valence-electron chi connectivity index (χ3n) is 9.05. The molecule has 2 aliphatic heterocycles. The second kappa shape index (κ2) is 24.9. The minimum Gasteiger partial charge on any atom is -0.318 e. The highest BCUT2D eigenvalue weighted by molar-refractivity contribution is 8.19. The number of aromatic nitrogens is 3. The molecule has 2 fully saturated rings. The fourth-order valence-corrected chi connectivity index (χ4v) is 8.21. The molecule has 0 N–H and O–H groups in total. The summed E-state index contributed by atoms with van der Waals surface area (Å²) in [5.74, 6) is -0.567. The third-order valence-corrected chi connectivity index (χ3v) is 10.8. The van der Waals surface area contributed by atoms with Crippen molar-refractivity contribution in [2.45, 2.75) is 83.1 Å². The maximum atomic E-state index is 12.8. The zero-order chi connectivity index (χ0) is 45.9. The molecule has 2 saturated heterocycles. The van der Waals surface area contributed by atoms with Gasteiger partial charge in [-0.25, -0.2) is 9.80 Å². The molecule has 11 heteroatoms. The second-order valence-electron chi connectivity index (χ2n) is 12.6. The van der Waals surface area contributed by atoms with Gasteiger partial charge in [0.1, 0.15) is 0 Å². The van der Waals surface area contributed by atoms with Crippen molar-refractivity contribution < 1.29 is 19.2 Å². The van der Waals surface area contributed by atoms with Crippen LogP contribution in [0.15, 0.2) is 137 Å². The normalized spacial score (nSPS) is 14.1. The average Bonchev–Trinajstić information content (AvgIpc) is 3.98. The molecule has 0 saturated carbocycles. The molecule has 0 unspecified atom stereocenters. The molecule has 3 aromatic heterocycles. The summed E-state index contributed by atoms with van der Waals surface area (Å²) in [7, 11) is 0. The standard InChI is InChI=1S/C22H18N2O2S.C21H17N3O2S.4C2H6/c1-15-13-17(16(2)23(15)18-9-5-3-6-10-18)14-20-21(25)24(22(26)27-20)19-11-7-4-8-12-19;1-14-11-16(15(2)23(14)18-9-6-10-22-13-18)12-19-20(25)24(21(26)27-19)17-7-4-3-5-8-17;4*1-2/h3-14H,1-2H3;3-13H,1-2H3;4*1-2H3/b20-14-;19-12-;;;;. The van der Waals surface area contributed by atoms with E-state index in [0.29, 0.717) is 21.2 Å². The average molecular weight is 870 g/mol. The number of thioether (sulfide) groups is 2. The van der Waals surface area contributed by atoms with E-state index in [1.54, 1.807) is 42.7 Å². The third kappa shape index (κ3) is 11.6. The van der Waals surface area contributed by atoms with Gasteiger partial charge >= 0.3 is 0 Å². The van der Waals surface area contributed by atoms with Gasteiger partial charge in [-0.05, 0) is 135 Å². The SMILES string of the molecule is CC.CC.CC.CC.Cc1cc(/C=C2\SC(=O)N(c3ccccc3)C2=O)c(C)n1-c1ccccc1.Cc1cc(/C=C2\SC(=O)N(c3ccccc3)C2=O)c(C)n1-c1cccnc1. The van der Waals surface area contributed by atoms with Crippen molar-refractivity contribution in [3.8, 4) is 11.4 Å². The molecule has 0 aliphatic carbocycles. The van der Waals surface area contributed by atoms with Gasteiger partial charge in [0.25, 0.3) is 22.3 Å². The molecule has 0 atom stereocenters. The lowest BCUT2D eigenvalue weighted by Crippen LogP contribution is -2.27. The van der Waals surface area contributed by atoms with Crippen LogP contribution in [0.25, 0.3) is 23.5 Å². The van der Waals surface area contributed by atoms with Gasteiger partial charge in [0.15, 0.2) is 0 Å². The Morgan fingerprint density at radius 1 is 0.452 bits per heavy atom. The molecule has 9 nitrogen and oxygen atoms in total. The zero-order valence-electron chi connectivity index (χ0n) is 38.0. The number of rotatable bonds is 6. The van der Waals surface area contributed by atoms with Crippen molar-refractivity contribution in [3.05, 3.63) is 171 Å². The Labute approximate surface area is 376 Å². The number of carbonyl (C=O) groups excluding carboxylic acids is 4. The molecule has 8 rings (SSSR count). The molecule has 6 aromatic rings. The van der Waals surface area contributed by atoms with Gasteiger partial charge < -0.3 is 9.13 Å². The molecule has 0 radical (unpaired) electrons. The lowest BCUT2D eigenvalue weighted by molar-refractivity contribution is -0.114. The van der Waals surface area contributed by atoms with Crippen molar-refractivity contribution in [2.75, 3.05) is 9.80 Å². The first-order valence-corrected chi connectivity index (χ1v) is 22.8. The number of nitrogens with zero attached hydrogens (tertiary/aromatic N) is 5. The van der Waals surface area contributed by atoms with E-state index < -0.39 is 0 Å². The van der Waals surface area contributed by atoms with Gasteiger partial charge in [0.2, 0.25) is 0 Å². The number of carbonyl (C=O) groups is 4. The van der Waals surface area contributed by atoms with Gasteiger partial charge in [-0.1, -0.05) is 110 Å². The summed E-state index contributed by atoms with van der Waals surface area (Å²) in [4.78, 5) is 57.9. The van der Waals surface area contributed by atoms with Crippen molar-refractivity contribution >= 4 is 69.3 Å². The predicted molar refractivity (Wildman–Crippen MR) is 263 cm³/mol. The first-order valence-electron chi connectivity index (χ1n) is 21.1. The largest absolute Gasteiger partial charge is 0.318 e. The Morgan fingerprint density at radius 2 is 0.790 bits per heavy atom. The van der Waals surface area contributed by atoms with Crippen LogP contribution in [-0.4, -0.2) is 36.4 Å². The molecule has 3 aromatic carbocycles. The smallest absolute Gasteiger partial charge is 0.298 e. The highest BCUT2D eigenvalue weighted by Gasteiger charge is 2.37. The molecule has 4 amide bonds. The van der Waals surface area contributed by atoms with Crippen LogP contribution in [0.2, 0.25) is 0 Å². The van der Waals surface area contributed by atoms with Gasteiger partial charge in [-0.15, -0.1) is 0 Å². The maximum absolute atomic E-state index is 12.8. The van der Waals surface area contributed by atoms with Gasteiger partial charge in [0, 0.05) is 34.7 Å². The molecular weight excluding hydrogens is 811 g/mol. The molecular formula is C51H59N5O4S2. The Kier molecular flexibility index (Phi) is 20.2. The predicted octanol–water partition coefficient (Wildman–Crippen LogP) is 14.2. The number of amides is 4. The van der Waals surface area contributed by atoms with E-state index in [2.05, 4.69) is 14.1 Å². The Morgan fingerprint density at radius 3 is 1.15 bits per heavy atom. The summed E-state index contributed by atoms with van der Waals surface area (Å²) in [6, 6.07) is 36.0. The van der Waals surface area contributed by atoms with Crippen LogP contribution in [0, 0.1) is 27.7 Å². The Bertz CT molecular complexity index is 2280. The topological polar surface area (TPSA) is 97.5 Å². The summed E-state index contributed by atoms with van der Waals surface area (Å²) in [6.45, 7) is 24.1. The number of pyridine rings is 1. The van der Waals surface area contributed by atoms with E-state index in [9.17, 15) is 19.2 Å². The Hall–Kier alpha value is -6.17. The number of hydrogen-bond donors (Lipinski definition) is 0. The van der Waals surface area contributed by atoms with Crippen LogP contribution in [-0.2, 0) is 9.59 Å². The monoisotopic (exact) mass is 869 g/mol. The lowest BCUT2D eigenvalue weighted by atomic mass is 10.2. The number of para-hydroxylation sites is 3. The molecule has 0 spiro atoms. The fraction of sp³-hybridized carbons (Fsp3) is 0.235. The number of imide groups is 2. The van der Waals surface area contributed by atoms with E-state index >= 15 is 0 Å². The molecule has 2 aliphatic rings.